The fraction of sp³-hybridized carbons (Fsp3) is 0.105. The molecule has 0 aliphatic carbocycles. The van der Waals surface area contributed by atoms with E-state index in [-0.39, 0.29) is 22.9 Å². The largest absolute Gasteiger partial charge is 1.00 e. The summed E-state index contributed by atoms with van der Waals surface area (Å²) in [5, 5.41) is 6.31. The van der Waals surface area contributed by atoms with Crippen molar-refractivity contribution in [3.63, 3.8) is 0 Å². The quantitative estimate of drug-likeness (QED) is 0.470. The third-order valence-corrected chi connectivity index (χ3v) is 4.52. The summed E-state index contributed by atoms with van der Waals surface area (Å²) in [6.45, 7) is 6.48. The molecule has 1 N–H and O–H groups in total. The minimum Gasteiger partial charge on any atom is -1.00 e. The molecule has 26 heavy (non-hydrogen) atoms. The molecule has 0 atom stereocenters. The number of pyridine rings is 1. The lowest BCUT2D eigenvalue weighted by molar-refractivity contribution is -0.0000133. The Morgan fingerprint density at radius 3 is 2.62 bits per heavy atom. The monoisotopic (exact) mass is 429 g/mol. The highest BCUT2D eigenvalue weighted by atomic mass is 79.9. The van der Waals surface area contributed by atoms with Crippen molar-refractivity contribution in [1.82, 2.24) is 15.0 Å². The molecule has 0 unspecified atom stereocenters. The van der Waals surface area contributed by atoms with Gasteiger partial charge in [0.05, 0.1) is 5.69 Å². The number of aromatic nitrogens is 2. The lowest BCUT2D eigenvalue weighted by Gasteiger charge is -2.07. The highest BCUT2D eigenvalue weighted by molar-refractivity contribution is 7.07. The number of hydrogen-bond donors (Lipinski definition) is 1. The number of allylic oxidation sites excluding steroid dienone is 1. The second-order valence-electron chi connectivity index (χ2n) is 5.46. The zero-order chi connectivity index (χ0) is 17.6. The lowest BCUT2D eigenvalue weighted by Crippen LogP contribution is -3.00. The van der Waals surface area contributed by atoms with Gasteiger partial charge in [-0.05, 0) is 24.6 Å². The molecule has 2 aromatic heterocycles. The first-order valence-electron chi connectivity index (χ1n) is 7.79. The Kier molecular flexibility index (Phi) is 7.06. The predicted octanol–water partition coefficient (Wildman–Crippen LogP) is 0.356. The van der Waals surface area contributed by atoms with Gasteiger partial charge in [-0.2, -0.15) is 0 Å². The van der Waals surface area contributed by atoms with Gasteiger partial charge >= 0.3 is 0 Å². The zero-order valence-corrected chi connectivity index (χ0v) is 16.6. The Labute approximate surface area is 166 Å². The number of amides is 1. The Bertz CT molecular complexity index is 946. The third kappa shape index (κ3) is 4.56. The topological polar surface area (TPSA) is 59.3 Å². The summed E-state index contributed by atoms with van der Waals surface area (Å²) in [5.41, 5.74) is 6.48. The number of nitrogens with one attached hydrogen (secondary N) is 1. The van der Waals surface area contributed by atoms with Crippen molar-refractivity contribution in [2.45, 2.75) is 13.5 Å². The van der Waals surface area contributed by atoms with Gasteiger partial charge in [0.25, 0.3) is 5.91 Å². The maximum atomic E-state index is 12.1. The van der Waals surface area contributed by atoms with Crippen LogP contribution in [0.3, 0.4) is 0 Å². The molecule has 0 aliphatic rings. The maximum Gasteiger partial charge on any atom is 0.271 e. The third-order valence-electron chi connectivity index (χ3n) is 3.65. The summed E-state index contributed by atoms with van der Waals surface area (Å²) >= 11 is 1.47. The fourth-order valence-corrected chi connectivity index (χ4v) is 3.22. The van der Waals surface area contributed by atoms with E-state index in [0.29, 0.717) is 16.9 Å². The van der Waals surface area contributed by atoms with Crippen LogP contribution in [-0.2, 0) is 6.54 Å². The first-order valence-corrected chi connectivity index (χ1v) is 8.67. The van der Waals surface area contributed by atoms with E-state index in [1.807, 2.05) is 16.0 Å². The number of thiazole rings is 1. The van der Waals surface area contributed by atoms with E-state index in [0.717, 1.165) is 11.3 Å². The molecule has 1 amide bonds. The summed E-state index contributed by atoms with van der Waals surface area (Å²) in [5.74, 6) is -0.266. The summed E-state index contributed by atoms with van der Waals surface area (Å²) in [7, 11) is 0. The minimum atomic E-state index is -0.266. The van der Waals surface area contributed by atoms with E-state index in [4.69, 9.17) is 0 Å². The van der Waals surface area contributed by atoms with E-state index >= 15 is 0 Å². The van der Waals surface area contributed by atoms with Crippen molar-refractivity contribution in [2.24, 2.45) is 5.10 Å². The van der Waals surface area contributed by atoms with Crippen LogP contribution in [0.15, 0.2) is 71.9 Å². The molecule has 134 valence electrons. The van der Waals surface area contributed by atoms with Gasteiger partial charge in [0.1, 0.15) is 0 Å². The van der Waals surface area contributed by atoms with E-state index in [2.05, 4.69) is 53.3 Å². The molecule has 0 saturated heterocycles. The molecule has 1 aromatic carbocycles. The van der Waals surface area contributed by atoms with Crippen molar-refractivity contribution in [3.8, 4) is 11.3 Å². The highest BCUT2D eigenvalue weighted by Crippen LogP contribution is 2.20. The molecule has 0 fully saturated rings. The summed E-state index contributed by atoms with van der Waals surface area (Å²) in [4.78, 5) is 16.8. The molecule has 2 heterocycles. The SMILES string of the molecule is C=CCn1c(-c2ccc(C)cc2)cs/c1=N/NC(=O)c1ccncc1.[Br-]. The molecular formula is C19H18BrN4OS-. The average molecular weight is 430 g/mol. The maximum absolute atomic E-state index is 12.1. The molecule has 0 aliphatic heterocycles. The van der Waals surface area contributed by atoms with Crippen LogP contribution in [0.25, 0.3) is 11.3 Å². The van der Waals surface area contributed by atoms with Crippen LogP contribution in [0, 0.1) is 6.92 Å². The van der Waals surface area contributed by atoms with Crippen LogP contribution < -0.4 is 27.2 Å². The molecule has 0 spiro atoms. The molecule has 3 aromatic rings. The highest BCUT2D eigenvalue weighted by Gasteiger charge is 2.08. The standard InChI is InChI=1S/C19H18N4OS.BrH/c1-3-12-23-17(15-6-4-14(2)5-7-15)13-25-19(23)22-21-18(24)16-8-10-20-11-9-16;/h3-11,13H,1,12H2,2H3,(H,21,24);1H/p-1/b22-19+;. The van der Waals surface area contributed by atoms with Crippen molar-refractivity contribution in [3.05, 3.63) is 82.8 Å². The Balaban J connectivity index is 0.00000243. The Morgan fingerprint density at radius 1 is 1.27 bits per heavy atom. The minimum absolute atomic E-state index is 0. The number of nitrogens with zero attached hydrogens (tertiary/aromatic N) is 3. The molecule has 5 nitrogen and oxygen atoms in total. The summed E-state index contributed by atoms with van der Waals surface area (Å²) in [6.07, 6.45) is 4.97. The van der Waals surface area contributed by atoms with E-state index in [1.165, 1.54) is 16.9 Å². The molecular weight excluding hydrogens is 412 g/mol. The van der Waals surface area contributed by atoms with Crippen LogP contribution in [0.1, 0.15) is 15.9 Å². The average Bonchev–Trinajstić information content (AvgIpc) is 3.04. The van der Waals surface area contributed by atoms with Crippen LogP contribution in [-0.4, -0.2) is 15.5 Å². The number of hydrogen-bond acceptors (Lipinski definition) is 4. The second-order valence-corrected chi connectivity index (χ2v) is 6.29. The smallest absolute Gasteiger partial charge is 0.271 e. The lowest BCUT2D eigenvalue weighted by atomic mass is 10.1. The Hall–Kier alpha value is -2.51. The van der Waals surface area contributed by atoms with Gasteiger partial charge in [0.2, 0.25) is 4.80 Å². The molecule has 3 rings (SSSR count). The molecule has 0 saturated carbocycles. The van der Waals surface area contributed by atoms with Gasteiger partial charge in [-0.15, -0.1) is 23.0 Å². The van der Waals surface area contributed by atoms with Gasteiger partial charge in [-0.1, -0.05) is 35.9 Å². The summed E-state index contributed by atoms with van der Waals surface area (Å²) < 4.78 is 2.02. The van der Waals surface area contributed by atoms with Crippen LogP contribution in [0.2, 0.25) is 0 Å². The van der Waals surface area contributed by atoms with Gasteiger partial charge in [-0.25, -0.2) is 5.43 Å². The Morgan fingerprint density at radius 2 is 1.96 bits per heavy atom. The first kappa shape index (κ1) is 19.8. The number of halogens is 1. The van der Waals surface area contributed by atoms with E-state index < -0.39 is 0 Å². The van der Waals surface area contributed by atoms with Gasteiger partial charge < -0.3 is 21.5 Å². The fourth-order valence-electron chi connectivity index (χ4n) is 2.35. The van der Waals surface area contributed by atoms with Crippen molar-refractivity contribution in [1.29, 1.82) is 0 Å². The molecule has 0 bridgehead atoms. The van der Waals surface area contributed by atoms with Crippen molar-refractivity contribution >= 4 is 17.2 Å². The van der Waals surface area contributed by atoms with E-state index in [9.17, 15) is 4.79 Å². The number of benzene rings is 1. The van der Waals surface area contributed by atoms with Crippen LogP contribution >= 0.6 is 11.3 Å². The number of rotatable bonds is 5. The van der Waals surface area contributed by atoms with Crippen molar-refractivity contribution in [2.75, 3.05) is 0 Å². The number of aryl methyl sites for hydroxylation is 1. The van der Waals surface area contributed by atoms with Gasteiger partial charge in [0, 0.05) is 29.9 Å². The normalized spacial score (nSPS) is 10.9. The molecule has 7 heteroatoms. The van der Waals surface area contributed by atoms with Gasteiger partial charge in [-0.3, -0.25) is 9.78 Å². The first-order chi connectivity index (χ1) is 12.2. The number of carbonyl (C=O) groups excluding carboxylic acids is 1. The number of carbonyl (C=O) groups is 1. The molecule has 0 radical (unpaired) electrons. The van der Waals surface area contributed by atoms with E-state index in [1.54, 1.807) is 24.5 Å². The van der Waals surface area contributed by atoms with Gasteiger partial charge in [0.15, 0.2) is 0 Å². The van der Waals surface area contributed by atoms with Crippen LogP contribution in [0.5, 0.6) is 0 Å². The zero-order valence-electron chi connectivity index (χ0n) is 14.2. The second kappa shape index (κ2) is 9.26. The van der Waals surface area contributed by atoms with Crippen molar-refractivity contribution < 1.29 is 21.8 Å². The predicted molar refractivity (Wildman–Crippen MR) is 99.9 cm³/mol. The van der Waals surface area contributed by atoms with Crippen LogP contribution in [0.4, 0.5) is 0 Å². The summed E-state index contributed by atoms with van der Waals surface area (Å²) in [6, 6.07) is 11.6.